The zero-order chi connectivity index (χ0) is 18.5. The molecule has 2 aromatic carbocycles. The Morgan fingerprint density at radius 3 is 2.77 bits per heavy atom. The van der Waals surface area contributed by atoms with Crippen molar-refractivity contribution < 1.29 is 18.7 Å². The molecule has 1 amide bonds. The maximum atomic E-state index is 13.3. The largest absolute Gasteiger partial charge is 0.467 e. The van der Waals surface area contributed by atoms with Crippen LogP contribution in [0.25, 0.3) is 10.9 Å². The van der Waals surface area contributed by atoms with Crippen LogP contribution in [0.3, 0.4) is 0 Å². The molecule has 26 heavy (non-hydrogen) atoms. The summed E-state index contributed by atoms with van der Waals surface area (Å²) in [4.78, 5) is 27.6. The molecule has 1 heterocycles. The number of ether oxygens (including phenoxy) is 1. The normalized spacial score (nSPS) is 11.9. The van der Waals surface area contributed by atoms with Crippen molar-refractivity contribution in [3.05, 3.63) is 71.7 Å². The van der Waals surface area contributed by atoms with E-state index in [1.807, 2.05) is 30.5 Å². The highest BCUT2D eigenvalue weighted by atomic mass is 19.1. The van der Waals surface area contributed by atoms with Gasteiger partial charge in [0, 0.05) is 23.5 Å². The summed E-state index contributed by atoms with van der Waals surface area (Å²) >= 11 is 0. The van der Waals surface area contributed by atoms with Crippen molar-refractivity contribution in [1.29, 1.82) is 0 Å². The van der Waals surface area contributed by atoms with Crippen molar-refractivity contribution in [2.75, 3.05) is 7.11 Å². The number of rotatable bonds is 6. The second-order valence-electron chi connectivity index (χ2n) is 6.01. The minimum absolute atomic E-state index is 0.0147. The van der Waals surface area contributed by atoms with Crippen LogP contribution in [0.4, 0.5) is 4.39 Å². The molecule has 3 aromatic rings. The first kappa shape index (κ1) is 17.7. The summed E-state index contributed by atoms with van der Waals surface area (Å²) in [5.41, 5.74) is 2.40. The maximum absolute atomic E-state index is 13.3. The van der Waals surface area contributed by atoms with Crippen molar-refractivity contribution in [3.63, 3.8) is 0 Å². The smallest absolute Gasteiger partial charge is 0.328 e. The number of aromatic nitrogens is 1. The van der Waals surface area contributed by atoms with Crippen molar-refractivity contribution in [2.45, 2.75) is 18.9 Å². The van der Waals surface area contributed by atoms with Gasteiger partial charge < -0.3 is 15.0 Å². The van der Waals surface area contributed by atoms with Crippen LogP contribution >= 0.6 is 0 Å². The molecule has 0 radical (unpaired) electrons. The number of carbonyl (C=O) groups is 2. The number of carbonyl (C=O) groups excluding carboxylic acids is 2. The number of benzene rings is 2. The predicted molar refractivity (Wildman–Crippen MR) is 96.1 cm³/mol. The summed E-state index contributed by atoms with van der Waals surface area (Å²) in [6.07, 6.45) is 2.10. The zero-order valence-corrected chi connectivity index (χ0v) is 14.3. The van der Waals surface area contributed by atoms with Gasteiger partial charge in [-0.15, -0.1) is 0 Å². The first-order valence-electron chi connectivity index (χ1n) is 8.23. The summed E-state index contributed by atoms with van der Waals surface area (Å²) in [5.74, 6) is -1.30. The van der Waals surface area contributed by atoms with Crippen LogP contribution in [0.1, 0.15) is 11.1 Å². The lowest BCUT2D eigenvalue weighted by atomic mass is 10.0. The number of amides is 1. The van der Waals surface area contributed by atoms with Crippen LogP contribution in [0.2, 0.25) is 0 Å². The zero-order valence-electron chi connectivity index (χ0n) is 14.3. The first-order valence-corrected chi connectivity index (χ1v) is 8.23. The van der Waals surface area contributed by atoms with Gasteiger partial charge in [0.25, 0.3) is 0 Å². The Balaban J connectivity index is 1.74. The standard InChI is InChI=1S/C20H19FN2O3/c1-26-20(25)18(11-14-12-22-17-8-3-2-7-16(14)17)23-19(24)10-13-5-4-6-15(21)9-13/h2-9,12,18,22H,10-11H2,1H3,(H,23,24). The molecule has 134 valence electrons. The van der Waals surface area contributed by atoms with E-state index in [9.17, 15) is 14.0 Å². The number of fused-ring (bicyclic) bond motifs is 1. The third-order valence-corrected chi connectivity index (χ3v) is 4.17. The number of H-pyrrole nitrogens is 1. The molecule has 1 atom stereocenters. The summed E-state index contributed by atoms with van der Waals surface area (Å²) in [7, 11) is 1.28. The number of nitrogens with one attached hydrogen (secondary N) is 2. The molecule has 0 aliphatic heterocycles. The molecule has 0 aliphatic carbocycles. The van der Waals surface area contributed by atoms with E-state index in [1.54, 1.807) is 12.1 Å². The molecule has 1 aromatic heterocycles. The molecule has 0 saturated carbocycles. The average molecular weight is 354 g/mol. The Kier molecular flexibility index (Phi) is 5.31. The third kappa shape index (κ3) is 4.08. The van der Waals surface area contributed by atoms with E-state index < -0.39 is 17.8 Å². The van der Waals surface area contributed by atoms with Crippen molar-refractivity contribution >= 4 is 22.8 Å². The van der Waals surface area contributed by atoms with E-state index in [1.165, 1.54) is 19.2 Å². The number of aromatic amines is 1. The SMILES string of the molecule is COC(=O)C(Cc1c[nH]c2ccccc12)NC(=O)Cc1cccc(F)c1. The minimum atomic E-state index is -0.819. The third-order valence-electron chi connectivity index (χ3n) is 4.17. The van der Waals surface area contributed by atoms with Crippen molar-refractivity contribution in [2.24, 2.45) is 0 Å². The van der Waals surface area contributed by atoms with E-state index >= 15 is 0 Å². The minimum Gasteiger partial charge on any atom is -0.467 e. The second-order valence-corrected chi connectivity index (χ2v) is 6.01. The molecular formula is C20H19FN2O3. The predicted octanol–water partition coefficient (Wildman–Crippen LogP) is 2.75. The Labute approximate surface area is 150 Å². The quantitative estimate of drug-likeness (QED) is 0.669. The molecule has 2 N–H and O–H groups in total. The van der Waals surface area contributed by atoms with Crippen LogP contribution in [-0.4, -0.2) is 30.0 Å². The van der Waals surface area contributed by atoms with Gasteiger partial charge in [0.2, 0.25) is 5.91 Å². The summed E-state index contributed by atoms with van der Waals surface area (Å²) in [6.45, 7) is 0. The molecule has 3 rings (SSSR count). The lowest BCUT2D eigenvalue weighted by molar-refractivity contribution is -0.145. The van der Waals surface area contributed by atoms with Gasteiger partial charge in [-0.05, 0) is 29.3 Å². The highest BCUT2D eigenvalue weighted by Gasteiger charge is 2.23. The summed E-state index contributed by atoms with van der Waals surface area (Å²) in [6, 6.07) is 12.7. The highest BCUT2D eigenvalue weighted by Crippen LogP contribution is 2.19. The number of methoxy groups -OCH3 is 1. The van der Waals surface area contributed by atoms with Crippen LogP contribution in [0.5, 0.6) is 0 Å². The number of hydrogen-bond donors (Lipinski definition) is 2. The van der Waals surface area contributed by atoms with Crippen LogP contribution in [-0.2, 0) is 27.2 Å². The fraction of sp³-hybridized carbons (Fsp3) is 0.200. The Hall–Kier alpha value is -3.15. The van der Waals surface area contributed by atoms with Gasteiger partial charge in [0.1, 0.15) is 11.9 Å². The Morgan fingerprint density at radius 2 is 2.00 bits per heavy atom. The van der Waals surface area contributed by atoms with Crippen molar-refractivity contribution in [1.82, 2.24) is 10.3 Å². The first-order chi connectivity index (χ1) is 12.6. The molecule has 1 unspecified atom stereocenters. The fourth-order valence-corrected chi connectivity index (χ4v) is 2.93. The number of halogens is 1. The lowest BCUT2D eigenvalue weighted by Gasteiger charge is -2.16. The van der Waals surface area contributed by atoms with Crippen molar-refractivity contribution in [3.8, 4) is 0 Å². The van der Waals surface area contributed by atoms with Gasteiger partial charge >= 0.3 is 5.97 Å². The van der Waals surface area contributed by atoms with Gasteiger partial charge in [-0.25, -0.2) is 9.18 Å². The topological polar surface area (TPSA) is 71.2 Å². The number of para-hydroxylation sites is 1. The Morgan fingerprint density at radius 1 is 1.19 bits per heavy atom. The van der Waals surface area contributed by atoms with Gasteiger partial charge in [-0.3, -0.25) is 4.79 Å². The molecule has 5 nitrogen and oxygen atoms in total. The Bertz CT molecular complexity index is 935. The van der Waals surface area contributed by atoms with E-state index in [-0.39, 0.29) is 12.3 Å². The molecular weight excluding hydrogens is 335 g/mol. The van der Waals surface area contributed by atoms with Gasteiger partial charge in [-0.2, -0.15) is 0 Å². The molecule has 0 spiro atoms. The highest BCUT2D eigenvalue weighted by molar-refractivity contribution is 5.88. The van der Waals surface area contributed by atoms with Gasteiger partial charge in [0.15, 0.2) is 0 Å². The molecule has 0 aliphatic rings. The van der Waals surface area contributed by atoms with Crippen LogP contribution in [0, 0.1) is 5.82 Å². The van der Waals surface area contributed by atoms with E-state index in [4.69, 9.17) is 4.74 Å². The molecule has 6 heteroatoms. The fourth-order valence-electron chi connectivity index (χ4n) is 2.93. The average Bonchev–Trinajstić information content (AvgIpc) is 3.03. The van der Waals surface area contributed by atoms with Gasteiger partial charge in [-0.1, -0.05) is 30.3 Å². The van der Waals surface area contributed by atoms with E-state index in [0.717, 1.165) is 16.5 Å². The number of esters is 1. The van der Waals surface area contributed by atoms with Crippen LogP contribution < -0.4 is 5.32 Å². The summed E-state index contributed by atoms with van der Waals surface area (Å²) in [5, 5.41) is 3.68. The molecule has 0 bridgehead atoms. The number of hydrogen-bond acceptors (Lipinski definition) is 3. The van der Waals surface area contributed by atoms with E-state index in [0.29, 0.717) is 12.0 Å². The monoisotopic (exact) mass is 354 g/mol. The maximum Gasteiger partial charge on any atom is 0.328 e. The molecule has 0 fully saturated rings. The summed E-state index contributed by atoms with van der Waals surface area (Å²) < 4.78 is 18.1. The lowest BCUT2D eigenvalue weighted by Crippen LogP contribution is -2.43. The van der Waals surface area contributed by atoms with Crippen LogP contribution in [0.15, 0.2) is 54.7 Å². The van der Waals surface area contributed by atoms with Gasteiger partial charge in [0.05, 0.1) is 13.5 Å². The van der Waals surface area contributed by atoms with E-state index in [2.05, 4.69) is 10.3 Å². The second kappa shape index (κ2) is 7.82. The molecule has 0 saturated heterocycles.